The quantitative estimate of drug-likeness (QED) is 0.861. The standard InChI is InChI=1S/C9H7BrF2N2O/c10-3-6-7(9(11)12)14-4-5(1-2-13)8(6)15/h4,9H,1,3H2,(H,14,15). The zero-order chi connectivity index (χ0) is 11.4. The Kier molecular flexibility index (Phi) is 3.97. The van der Waals surface area contributed by atoms with Crippen molar-refractivity contribution in [3.8, 4) is 6.07 Å². The minimum Gasteiger partial charge on any atom is -0.360 e. The molecule has 0 radical (unpaired) electrons. The van der Waals surface area contributed by atoms with Gasteiger partial charge in [0.25, 0.3) is 6.43 Å². The predicted molar refractivity (Wildman–Crippen MR) is 54.0 cm³/mol. The van der Waals surface area contributed by atoms with E-state index < -0.39 is 17.5 Å². The molecule has 0 aliphatic rings. The van der Waals surface area contributed by atoms with Crippen molar-refractivity contribution in [3.05, 3.63) is 33.2 Å². The van der Waals surface area contributed by atoms with Crippen molar-refractivity contribution in [1.29, 1.82) is 5.26 Å². The van der Waals surface area contributed by atoms with Gasteiger partial charge in [-0.3, -0.25) is 4.79 Å². The van der Waals surface area contributed by atoms with E-state index in [1.807, 2.05) is 0 Å². The van der Waals surface area contributed by atoms with Gasteiger partial charge in [0, 0.05) is 22.7 Å². The van der Waals surface area contributed by atoms with E-state index in [-0.39, 0.29) is 22.9 Å². The Morgan fingerprint density at radius 2 is 2.27 bits per heavy atom. The fraction of sp³-hybridized carbons (Fsp3) is 0.333. The highest BCUT2D eigenvalue weighted by Crippen LogP contribution is 2.20. The van der Waals surface area contributed by atoms with Gasteiger partial charge in [-0.05, 0) is 0 Å². The van der Waals surface area contributed by atoms with E-state index in [2.05, 4.69) is 20.9 Å². The smallest absolute Gasteiger partial charge is 0.278 e. The molecule has 1 aromatic rings. The van der Waals surface area contributed by atoms with Gasteiger partial charge in [0.05, 0.1) is 18.2 Å². The van der Waals surface area contributed by atoms with Crippen molar-refractivity contribution in [1.82, 2.24) is 4.98 Å². The molecular formula is C9H7BrF2N2O. The molecule has 0 bridgehead atoms. The Balaban J connectivity index is 3.34. The lowest BCUT2D eigenvalue weighted by Crippen LogP contribution is -2.17. The molecule has 0 spiro atoms. The number of hydrogen-bond donors (Lipinski definition) is 1. The van der Waals surface area contributed by atoms with Gasteiger partial charge >= 0.3 is 0 Å². The summed E-state index contributed by atoms with van der Waals surface area (Å²) in [7, 11) is 0. The van der Waals surface area contributed by atoms with Crippen LogP contribution in [0, 0.1) is 11.3 Å². The minimum absolute atomic E-state index is 0.0160. The van der Waals surface area contributed by atoms with Crippen LogP contribution in [0.2, 0.25) is 0 Å². The second-order valence-corrected chi connectivity index (χ2v) is 3.37. The van der Waals surface area contributed by atoms with Gasteiger partial charge in [-0.2, -0.15) is 5.26 Å². The molecule has 1 heterocycles. The SMILES string of the molecule is N#CCc1c[nH]c(C(F)F)c(CBr)c1=O. The van der Waals surface area contributed by atoms with Gasteiger partial charge in [0.1, 0.15) is 0 Å². The number of nitrogens with zero attached hydrogens (tertiary/aromatic N) is 1. The number of rotatable bonds is 3. The molecule has 1 rings (SSSR count). The third-order valence-corrected chi connectivity index (χ3v) is 2.47. The van der Waals surface area contributed by atoms with Crippen LogP contribution in [0.3, 0.4) is 0 Å². The molecule has 15 heavy (non-hydrogen) atoms. The molecule has 3 nitrogen and oxygen atoms in total. The van der Waals surface area contributed by atoms with Crippen LogP contribution in [0.4, 0.5) is 8.78 Å². The van der Waals surface area contributed by atoms with Crippen LogP contribution in [-0.2, 0) is 11.8 Å². The van der Waals surface area contributed by atoms with Crippen molar-refractivity contribution in [2.45, 2.75) is 18.2 Å². The lowest BCUT2D eigenvalue weighted by molar-refractivity contribution is 0.145. The molecule has 6 heteroatoms. The van der Waals surface area contributed by atoms with E-state index in [0.717, 1.165) is 0 Å². The molecule has 0 unspecified atom stereocenters. The molecule has 0 aromatic carbocycles. The molecule has 1 N–H and O–H groups in total. The molecule has 80 valence electrons. The van der Waals surface area contributed by atoms with Crippen LogP contribution in [-0.4, -0.2) is 4.98 Å². The lowest BCUT2D eigenvalue weighted by atomic mass is 10.1. The number of aromatic amines is 1. The van der Waals surface area contributed by atoms with E-state index in [0.29, 0.717) is 0 Å². The molecule has 0 saturated carbocycles. The number of pyridine rings is 1. The summed E-state index contributed by atoms with van der Waals surface area (Å²) in [6.45, 7) is 0. The average Bonchev–Trinajstić information content (AvgIpc) is 2.20. The van der Waals surface area contributed by atoms with Crippen LogP contribution in [0.5, 0.6) is 0 Å². The Labute approximate surface area is 92.9 Å². The first-order valence-electron chi connectivity index (χ1n) is 4.06. The summed E-state index contributed by atoms with van der Waals surface area (Å²) in [6, 6.07) is 1.80. The van der Waals surface area contributed by atoms with Gasteiger partial charge in [-0.25, -0.2) is 8.78 Å². The largest absolute Gasteiger partial charge is 0.360 e. The molecule has 0 aliphatic heterocycles. The molecule has 0 atom stereocenters. The molecule has 0 amide bonds. The molecular weight excluding hydrogens is 270 g/mol. The van der Waals surface area contributed by atoms with Gasteiger partial charge in [0.15, 0.2) is 5.43 Å². The summed E-state index contributed by atoms with van der Waals surface area (Å²) in [4.78, 5) is 13.9. The van der Waals surface area contributed by atoms with Crippen LogP contribution < -0.4 is 5.43 Å². The molecule has 0 fully saturated rings. The first-order valence-corrected chi connectivity index (χ1v) is 5.18. The van der Waals surface area contributed by atoms with Gasteiger partial charge < -0.3 is 4.98 Å². The third-order valence-electron chi connectivity index (χ3n) is 1.91. The Morgan fingerprint density at radius 3 is 2.73 bits per heavy atom. The van der Waals surface area contributed by atoms with Crippen LogP contribution in [0.25, 0.3) is 0 Å². The van der Waals surface area contributed by atoms with E-state index >= 15 is 0 Å². The van der Waals surface area contributed by atoms with Crippen LogP contribution in [0.1, 0.15) is 23.2 Å². The van der Waals surface area contributed by atoms with Crippen LogP contribution >= 0.6 is 15.9 Å². The summed E-state index contributed by atoms with van der Waals surface area (Å²) in [5.41, 5.74) is -0.699. The van der Waals surface area contributed by atoms with E-state index in [1.165, 1.54) is 6.20 Å². The second-order valence-electron chi connectivity index (χ2n) is 2.80. The molecule has 0 aliphatic carbocycles. The van der Waals surface area contributed by atoms with Crippen LogP contribution in [0.15, 0.2) is 11.0 Å². The first-order chi connectivity index (χ1) is 7.11. The average molecular weight is 277 g/mol. The van der Waals surface area contributed by atoms with E-state index in [1.54, 1.807) is 6.07 Å². The van der Waals surface area contributed by atoms with Gasteiger partial charge in [0.2, 0.25) is 0 Å². The lowest BCUT2D eigenvalue weighted by Gasteiger charge is -2.06. The molecule has 1 aromatic heterocycles. The van der Waals surface area contributed by atoms with Crippen molar-refractivity contribution < 1.29 is 8.78 Å². The minimum atomic E-state index is -2.72. The fourth-order valence-corrected chi connectivity index (χ4v) is 1.73. The van der Waals surface area contributed by atoms with E-state index in [4.69, 9.17) is 5.26 Å². The number of halogens is 3. The Morgan fingerprint density at radius 1 is 1.60 bits per heavy atom. The second kappa shape index (κ2) is 5.03. The maximum atomic E-state index is 12.5. The summed E-state index contributed by atoms with van der Waals surface area (Å²) in [6.07, 6.45) is -1.64. The summed E-state index contributed by atoms with van der Waals surface area (Å²) in [5, 5.41) is 8.47. The number of aromatic nitrogens is 1. The van der Waals surface area contributed by atoms with Crippen molar-refractivity contribution in [2.75, 3.05) is 0 Å². The number of nitriles is 1. The normalized spacial score (nSPS) is 10.3. The summed E-state index contributed by atoms with van der Waals surface area (Å²) >= 11 is 2.98. The summed E-state index contributed by atoms with van der Waals surface area (Å²) < 4.78 is 24.9. The zero-order valence-corrected chi connectivity index (χ0v) is 9.14. The summed E-state index contributed by atoms with van der Waals surface area (Å²) in [5.74, 6) is 0. The number of H-pyrrole nitrogens is 1. The van der Waals surface area contributed by atoms with Crippen molar-refractivity contribution in [2.24, 2.45) is 0 Å². The van der Waals surface area contributed by atoms with Gasteiger partial charge in [-0.1, -0.05) is 15.9 Å². The molecule has 0 saturated heterocycles. The van der Waals surface area contributed by atoms with E-state index in [9.17, 15) is 13.6 Å². The third kappa shape index (κ3) is 2.42. The predicted octanol–water partition coefficient (Wildman–Crippen LogP) is 2.27. The highest BCUT2D eigenvalue weighted by Gasteiger charge is 2.17. The fourth-order valence-electron chi connectivity index (χ4n) is 1.18. The Bertz CT molecular complexity index is 450. The first kappa shape index (κ1) is 11.9. The highest BCUT2D eigenvalue weighted by atomic mass is 79.9. The zero-order valence-electron chi connectivity index (χ0n) is 7.56. The van der Waals surface area contributed by atoms with Crippen molar-refractivity contribution in [3.63, 3.8) is 0 Å². The Hall–Kier alpha value is -1.22. The van der Waals surface area contributed by atoms with Gasteiger partial charge in [-0.15, -0.1) is 0 Å². The maximum absolute atomic E-state index is 12.5. The highest BCUT2D eigenvalue weighted by molar-refractivity contribution is 9.08. The number of alkyl halides is 3. The maximum Gasteiger partial charge on any atom is 0.278 e. The topological polar surface area (TPSA) is 56.6 Å². The number of nitrogens with one attached hydrogen (secondary N) is 1. The monoisotopic (exact) mass is 276 g/mol. The van der Waals surface area contributed by atoms with Crippen molar-refractivity contribution >= 4 is 15.9 Å². The number of hydrogen-bond acceptors (Lipinski definition) is 2.